The van der Waals surface area contributed by atoms with Crippen LogP contribution in [0.4, 0.5) is 4.39 Å². The lowest BCUT2D eigenvalue weighted by molar-refractivity contribution is -0.123. The number of nitrogens with one attached hydrogen (secondary N) is 1. The summed E-state index contributed by atoms with van der Waals surface area (Å²) in [4.78, 5) is 14.7. The van der Waals surface area contributed by atoms with E-state index in [1.807, 2.05) is 19.3 Å². The summed E-state index contributed by atoms with van der Waals surface area (Å²) in [6.45, 7) is 2.40. The van der Waals surface area contributed by atoms with Crippen molar-refractivity contribution in [3.63, 3.8) is 0 Å². The van der Waals surface area contributed by atoms with Crippen LogP contribution in [0.15, 0.2) is 42.6 Å². The van der Waals surface area contributed by atoms with Crippen LogP contribution in [0.2, 0.25) is 0 Å². The van der Waals surface area contributed by atoms with Gasteiger partial charge in [-0.2, -0.15) is 0 Å². The van der Waals surface area contributed by atoms with E-state index in [0.29, 0.717) is 6.54 Å². The lowest BCUT2D eigenvalue weighted by atomic mass is 10.1. The van der Waals surface area contributed by atoms with E-state index in [-0.39, 0.29) is 24.3 Å². The molecule has 1 N–H and O–H groups in total. The number of hydrogen-bond donors (Lipinski definition) is 1. The molecule has 1 amide bonds. The SMILES string of the molecule is Cn1cccc1[C@@H](CNC(=O)COc1ccccc1F)N1CCCCCC1. The lowest BCUT2D eigenvalue weighted by Gasteiger charge is -2.31. The van der Waals surface area contributed by atoms with Crippen LogP contribution >= 0.6 is 0 Å². The van der Waals surface area contributed by atoms with Crippen molar-refractivity contribution >= 4 is 5.91 Å². The maximum atomic E-state index is 13.6. The Morgan fingerprint density at radius 1 is 1.15 bits per heavy atom. The Hall–Kier alpha value is -2.34. The Kier molecular flexibility index (Phi) is 6.87. The van der Waals surface area contributed by atoms with Crippen molar-refractivity contribution in [2.45, 2.75) is 31.7 Å². The third-order valence-electron chi connectivity index (χ3n) is 5.09. The number of likely N-dealkylation sites (tertiary alicyclic amines) is 1. The Balaban J connectivity index is 1.59. The van der Waals surface area contributed by atoms with Crippen molar-refractivity contribution in [3.05, 3.63) is 54.1 Å². The zero-order chi connectivity index (χ0) is 19.1. The second-order valence-corrected chi connectivity index (χ2v) is 7.03. The van der Waals surface area contributed by atoms with Gasteiger partial charge < -0.3 is 14.6 Å². The smallest absolute Gasteiger partial charge is 0.258 e. The van der Waals surface area contributed by atoms with Crippen LogP contribution in [0.5, 0.6) is 5.75 Å². The first-order valence-electron chi connectivity index (χ1n) is 9.64. The first kappa shape index (κ1) is 19.4. The topological polar surface area (TPSA) is 46.5 Å². The molecule has 27 heavy (non-hydrogen) atoms. The van der Waals surface area contributed by atoms with Gasteiger partial charge in [0.25, 0.3) is 5.91 Å². The van der Waals surface area contributed by atoms with Gasteiger partial charge in [-0.15, -0.1) is 0 Å². The molecular weight excluding hydrogens is 345 g/mol. The fourth-order valence-electron chi connectivity index (χ4n) is 3.61. The largest absolute Gasteiger partial charge is 0.481 e. The molecule has 0 aliphatic carbocycles. The number of nitrogens with zero attached hydrogens (tertiary/aromatic N) is 2. The zero-order valence-corrected chi connectivity index (χ0v) is 15.9. The molecule has 0 spiro atoms. The van der Waals surface area contributed by atoms with Gasteiger partial charge in [0, 0.05) is 25.5 Å². The average Bonchev–Trinajstić information content (AvgIpc) is 2.92. The summed E-state index contributed by atoms with van der Waals surface area (Å²) in [5.41, 5.74) is 1.19. The van der Waals surface area contributed by atoms with Crippen LogP contribution < -0.4 is 10.1 Å². The number of carbonyl (C=O) groups is 1. The number of halogens is 1. The molecule has 1 fully saturated rings. The fourth-order valence-corrected chi connectivity index (χ4v) is 3.61. The van der Waals surface area contributed by atoms with Gasteiger partial charge >= 0.3 is 0 Å². The summed E-state index contributed by atoms with van der Waals surface area (Å²) in [6, 6.07) is 10.4. The summed E-state index contributed by atoms with van der Waals surface area (Å²) in [5, 5.41) is 2.96. The van der Waals surface area contributed by atoms with Crippen LogP contribution in [-0.4, -0.2) is 41.6 Å². The molecule has 1 aromatic heterocycles. The van der Waals surface area contributed by atoms with Gasteiger partial charge in [-0.3, -0.25) is 9.69 Å². The van der Waals surface area contributed by atoms with E-state index in [1.165, 1.54) is 43.5 Å². The predicted molar refractivity (Wildman–Crippen MR) is 103 cm³/mol. The number of benzene rings is 1. The van der Waals surface area contributed by atoms with Crippen LogP contribution in [0.3, 0.4) is 0 Å². The maximum Gasteiger partial charge on any atom is 0.258 e. The normalized spacial score (nSPS) is 16.5. The van der Waals surface area contributed by atoms with Crippen molar-refractivity contribution < 1.29 is 13.9 Å². The number of aromatic nitrogens is 1. The highest BCUT2D eigenvalue weighted by Crippen LogP contribution is 2.24. The molecule has 6 heteroatoms. The minimum absolute atomic E-state index is 0.0964. The highest BCUT2D eigenvalue weighted by Gasteiger charge is 2.24. The van der Waals surface area contributed by atoms with E-state index in [0.717, 1.165) is 13.1 Å². The summed E-state index contributed by atoms with van der Waals surface area (Å²) >= 11 is 0. The molecule has 1 aromatic carbocycles. The third-order valence-corrected chi connectivity index (χ3v) is 5.09. The maximum absolute atomic E-state index is 13.6. The number of aryl methyl sites for hydroxylation is 1. The minimum atomic E-state index is -0.462. The molecule has 3 rings (SSSR count). The highest BCUT2D eigenvalue weighted by molar-refractivity contribution is 5.77. The summed E-state index contributed by atoms with van der Waals surface area (Å²) in [7, 11) is 2.03. The van der Waals surface area contributed by atoms with Gasteiger partial charge in [-0.1, -0.05) is 25.0 Å². The van der Waals surface area contributed by atoms with E-state index in [2.05, 4.69) is 20.9 Å². The van der Waals surface area contributed by atoms with E-state index >= 15 is 0 Å². The first-order chi connectivity index (χ1) is 13.1. The molecule has 0 saturated carbocycles. The summed E-state index contributed by atoms with van der Waals surface area (Å²) in [5.74, 6) is -0.608. The summed E-state index contributed by atoms with van der Waals surface area (Å²) < 4.78 is 21.0. The fraction of sp³-hybridized carbons (Fsp3) is 0.476. The molecule has 2 aromatic rings. The molecular formula is C21H28FN3O2. The number of amides is 1. The number of rotatable bonds is 7. The van der Waals surface area contributed by atoms with Crippen LogP contribution in [0, 0.1) is 5.82 Å². The van der Waals surface area contributed by atoms with E-state index in [4.69, 9.17) is 4.74 Å². The molecule has 0 radical (unpaired) electrons. The number of carbonyl (C=O) groups excluding carboxylic acids is 1. The van der Waals surface area contributed by atoms with Crippen molar-refractivity contribution in [1.29, 1.82) is 0 Å². The summed E-state index contributed by atoms with van der Waals surface area (Å²) in [6.07, 6.45) is 6.93. The van der Waals surface area contributed by atoms with Gasteiger partial charge in [-0.05, 0) is 50.2 Å². The molecule has 5 nitrogen and oxygen atoms in total. The third kappa shape index (κ3) is 5.32. The minimum Gasteiger partial charge on any atom is -0.481 e. The van der Waals surface area contributed by atoms with Gasteiger partial charge in [0.1, 0.15) is 0 Å². The van der Waals surface area contributed by atoms with Crippen LogP contribution in [0.1, 0.15) is 37.4 Å². The van der Waals surface area contributed by atoms with Gasteiger partial charge in [0.15, 0.2) is 18.2 Å². The highest BCUT2D eigenvalue weighted by atomic mass is 19.1. The Labute approximate surface area is 160 Å². The monoisotopic (exact) mass is 373 g/mol. The van der Waals surface area contributed by atoms with Crippen LogP contribution in [0.25, 0.3) is 0 Å². The average molecular weight is 373 g/mol. The quantitative estimate of drug-likeness (QED) is 0.810. The molecule has 0 bridgehead atoms. The van der Waals surface area contributed by atoms with E-state index < -0.39 is 5.82 Å². The van der Waals surface area contributed by atoms with E-state index in [1.54, 1.807) is 12.1 Å². The van der Waals surface area contributed by atoms with Crippen molar-refractivity contribution in [2.75, 3.05) is 26.2 Å². The van der Waals surface area contributed by atoms with Gasteiger partial charge in [0.2, 0.25) is 0 Å². The molecule has 146 valence electrons. The Morgan fingerprint density at radius 2 is 1.89 bits per heavy atom. The second kappa shape index (κ2) is 9.55. The Morgan fingerprint density at radius 3 is 2.56 bits per heavy atom. The second-order valence-electron chi connectivity index (χ2n) is 7.03. The molecule has 0 unspecified atom stereocenters. The standard InChI is InChI=1S/C21H28FN3O2/c1-24-12-8-10-18(24)19(25-13-6-2-3-7-14-25)15-23-21(26)16-27-20-11-5-4-9-17(20)22/h4-5,8-12,19H,2-3,6-7,13-16H2,1H3,(H,23,26)/t19-/m1/s1. The van der Waals surface area contributed by atoms with Crippen molar-refractivity contribution in [3.8, 4) is 5.75 Å². The molecule has 1 atom stereocenters. The predicted octanol–water partition coefficient (Wildman–Crippen LogP) is 3.28. The number of ether oxygens (including phenoxy) is 1. The molecule has 1 saturated heterocycles. The van der Waals surface area contributed by atoms with E-state index in [9.17, 15) is 9.18 Å². The zero-order valence-electron chi connectivity index (χ0n) is 15.9. The van der Waals surface area contributed by atoms with Crippen molar-refractivity contribution in [2.24, 2.45) is 7.05 Å². The molecule has 1 aliphatic heterocycles. The lowest BCUT2D eigenvalue weighted by Crippen LogP contribution is -2.40. The molecule has 1 aliphatic rings. The Bertz CT molecular complexity index is 739. The van der Waals surface area contributed by atoms with Crippen LogP contribution in [-0.2, 0) is 11.8 Å². The molecule has 2 heterocycles. The van der Waals surface area contributed by atoms with Gasteiger partial charge in [-0.25, -0.2) is 4.39 Å². The number of hydrogen-bond acceptors (Lipinski definition) is 3. The number of para-hydroxylation sites is 1. The van der Waals surface area contributed by atoms with Crippen molar-refractivity contribution in [1.82, 2.24) is 14.8 Å². The first-order valence-corrected chi connectivity index (χ1v) is 9.64. The van der Waals surface area contributed by atoms with Gasteiger partial charge in [0.05, 0.1) is 6.04 Å².